The van der Waals surface area contributed by atoms with Crippen LogP contribution in [0.4, 0.5) is 4.79 Å². The highest BCUT2D eigenvalue weighted by Gasteiger charge is 2.33. The molecule has 0 bridgehead atoms. The molecular formula is C26H43N3O4. The average Bonchev–Trinajstić information content (AvgIpc) is 2.65. The Hall–Kier alpha value is -2.57. The van der Waals surface area contributed by atoms with Gasteiger partial charge in [0.05, 0.1) is 0 Å². The lowest BCUT2D eigenvalue weighted by Gasteiger charge is -2.34. The predicted molar refractivity (Wildman–Crippen MR) is 132 cm³/mol. The molecular weight excluding hydrogens is 418 g/mol. The van der Waals surface area contributed by atoms with Gasteiger partial charge in [0, 0.05) is 12.1 Å². The van der Waals surface area contributed by atoms with E-state index >= 15 is 0 Å². The van der Waals surface area contributed by atoms with Crippen LogP contribution in [0, 0.1) is 13.8 Å². The van der Waals surface area contributed by atoms with Crippen LogP contribution < -0.4 is 10.6 Å². The summed E-state index contributed by atoms with van der Waals surface area (Å²) in [6, 6.07) is 5.03. The first-order valence-corrected chi connectivity index (χ1v) is 11.8. The van der Waals surface area contributed by atoms with E-state index in [9.17, 15) is 14.4 Å². The van der Waals surface area contributed by atoms with Crippen LogP contribution in [0.25, 0.3) is 0 Å². The van der Waals surface area contributed by atoms with E-state index in [1.807, 2.05) is 52.8 Å². The molecule has 1 aromatic carbocycles. The summed E-state index contributed by atoms with van der Waals surface area (Å²) in [6.07, 6.45) is 2.02. The fourth-order valence-electron chi connectivity index (χ4n) is 3.34. The fourth-order valence-corrected chi connectivity index (χ4v) is 3.34. The Labute approximate surface area is 199 Å². The van der Waals surface area contributed by atoms with E-state index in [0.717, 1.165) is 36.0 Å². The summed E-state index contributed by atoms with van der Waals surface area (Å²) in [4.78, 5) is 40.5. The van der Waals surface area contributed by atoms with Crippen LogP contribution in [-0.2, 0) is 14.3 Å². The Bertz CT molecular complexity index is 822. The molecule has 7 nitrogen and oxygen atoms in total. The second-order valence-corrected chi connectivity index (χ2v) is 10.6. The van der Waals surface area contributed by atoms with Crippen LogP contribution in [0.5, 0.6) is 0 Å². The number of aryl methyl sites for hydroxylation is 2. The smallest absolute Gasteiger partial charge is 0.408 e. The Morgan fingerprint density at radius 2 is 1.64 bits per heavy atom. The Kier molecular flexibility index (Phi) is 10.4. The number of hydrogen-bond donors (Lipinski definition) is 2. The van der Waals surface area contributed by atoms with Crippen LogP contribution in [0.2, 0.25) is 0 Å². The van der Waals surface area contributed by atoms with Crippen LogP contribution in [0.3, 0.4) is 0 Å². The summed E-state index contributed by atoms with van der Waals surface area (Å²) >= 11 is 0. The van der Waals surface area contributed by atoms with E-state index in [1.54, 1.807) is 25.7 Å². The number of hydrogen-bond acceptors (Lipinski definition) is 4. The number of nitrogens with one attached hydrogen (secondary N) is 2. The second-order valence-electron chi connectivity index (χ2n) is 10.6. The van der Waals surface area contributed by atoms with Crippen molar-refractivity contribution in [2.75, 3.05) is 13.1 Å². The number of carbonyl (C=O) groups is 3. The topological polar surface area (TPSA) is 87.7 Å². The minimum atomic E-state index is -0.798. The van der Waals surface area contributed by atoms with Gasteiger partial charge >= 0.3 is 6.09 Å². The number of rotatable bonds is 9. The molecule has 0 aromatic heterocycles. The highest BCUT2D eigenvalue weighted by Crippen LogP contribution is 2.25. The number of benzene rings is 1. The molecule has 0 radical (unpaired) electrons. The number of unbranched alkanes of at least 4 members (excludes halogenated alkanes) is 2. The maximum atomic E-state index is 13.4. The zero-order chi connectivity index (χ0) is 25.4. The van der Waals surface area contributed by atoms with Gasteiger partial charge in [0.25, 0.3) is 0 Å². The molecule has 33 heavy (non-hydrogen) atoms. The molecule has 2 N–H and O–H groups in total. The van der Waals surface area contributed by atoms with Gasteiger partial charge in [-0.3, -0.25) is 9.59 Å². The van der Waals surface area contributed by atoms with E-state index in [2.05, 4.69) is 17.6 Å². The third-order valence-electron chi connectivity index (χ3n) is 5.01. The minimum Gasteiger partial charge on any atom is -0.444 e. The summed E-state index contributed by atoms with van der Waals surface area (Å²) in [5.74, 6) is -0.572. The van der Waals surface area contributed by atoms with E-state index < -0.39 is 23.3 Å². The summed E-state index contributed by atoms with van der Waals surface area (Å²) in [7, 11) is 0. The molecule has 3 amide bonds. The molecule has 0 heterocycles. The lowest BCUT2D eigenvalue weighted by Crippen LogP contribution is -2.51. The lowest BCUT2D eigenvalue weighted by molar-refractivity contribution is -0.141. The number of carbonyl (C=O) groups excluding carboxylic acids is 3. The van der Waals surface area contributed by atoms with Gasteiger partial charge < -0.3 is 20.3 Å². The highest BCUT2D eigenvalue weighted by atomic mass is 16.6. The van der Waals surface area contributed by atoms with Crippen molar-refractivity contribution in [1.82, 2.24) is 15.5 Å². The van der Waals surface area contributed by atoms with E-state index in [-0.39, 0.29) is 18.4 Å². The summed E-state index contributed by atoms with van der Waals surface area (Å²) in [5.41, 5.74) is 1.80. The predicted octanol–water partition coefficient (Wildman–Crippen LogP) is 4.80. The Morgan fingerprint density at radius 1 is 1.00 bits per heavy atom. The zero-order valence-corrected chi connectivity index (χ0v) is 21.9. The molecule has 0 fully saturated rings. The Balaban J connectivity index is 3.28. The number of ether oxygens (including phenoxy) is 1. The first-order chi connectivity index (χ1) is 15.1. The maximum absolute atomic E-state index is 13.4. The van der Waals surface area contributed by atoms with Crippen molar-refractivity contribution in [3.63, 3.8) is 0 Å². The number of nitrogens with zero attached hydrogens (tertiary/aromatic N) is 1. The van der Waals surface area contributed by atoms with Gasteiger partial charge in [-0.05, 0) is 78.5 Å². The van der Waals surface area contributed by atoms with Crippen molar-refractivity contribution in [3.8, 4) is 0 Å². The molecule has 0 saturated heterocycles. The average molecular weight is 462 g/mol. The zero-order valence-electron chi connectivity index (χ0n) is 21.9. The summed E-state index contributed by atoms with van der Waals surface area (Å²) in [6.45, 7) is 17.3. The third kappa shape index (κ3) is 10.3. The quantitative estimate of drug-likeness (QED) is 0.517. The van der Waals surface area contributed by atoms with Gasteiger partial charge in [-0.2, -0.15) is 0 Å². The maximum Gasteiger partial charge on any atom is 0.408 e. The Morgan fingerprint density at radius 3 is 2.15 bits per heavy atom. The van der Waals surface area contributed by atoms with Crippen LogP contribution in [-0.4, -0.2) is 47.0 Å². The van der Waals surface area contributed by atoms with Crippen LogP contribution in [0.1, 0.15) is 90.5 Å². The van der Waals surface area contributed by atoms with Gasteiger partial charge in [-0.1, -0.05) is 38.0 Å². The summed E-state index contributed by atoms with van der Waals surface area (Å²) < 4.78 is 5.25. The van der Waals surface area contributed by atoms with Gasteiger partial charge in [0.2, 0.25) is 11.8 Å². The first-order valence-electron chi connectivity index (χ1n) is 11.8. The molecule has 1 atom stereocenters. The van der Waals surface area contributed by atoms with E-state index in [4.69, 9.17) is 4.74 Å². The van der Waals surface area contributed by atoms with Crippen molar-refractivity contribution < 1.29 is 19.1 Å². The van der Waals surface area contributed by atoms with Crippen molar-refractivity contribution in [3.05, 3.63) is 34.9 Å². The van der Waals surface area contributed by atoms with Crippen molar-refractivity contribution in [1.29, 1.82) is 0 Å². The number of amides is 3. The van der Waals surface area contributed by atoms with Gasteiger partial charge in [0.15, 0.2) is 0 Å². The molecule has 1 unspecified atom stereocenters. The highest BCUT2D eigenvalue weighted by molar-refractivity contribution is 5.90. The third-order valence-corrected chi connectivity index (χ3v) is 5.01. The molecule has 0 aliphatic carbocycles. The van der Waals surface area contributed by atoms with E-state index in [0.29, 0.717) is 6.54 Å². The molecule has 186 valence electrons. The van der Waals surface area contributed by atoms with Crippen LogP contribution >= 0.6 is 0 Å². The molecule has 0 saturated carbocycles. The molecule has 0 spiro atoms. The van der Waals surface area contributed by atoms with Crippen molar-refractivity contribution in [2.45, 2.75) is 98.8 Å². The fraction of sp³-hybridized carbons (Fsp3) is 0.654. The van der Waals surface area contributed by atoms with Crippen LogP contribution in [0.15, 0.2) is 18.2 Å². The standard InChI is InChI=1S/C26H43N3O4/c1-10-11-12-15-29(21(30)17-27-24(32)33-26(7,8)9)22(23(31)28-25(4,5)6)20-14-13-18(2)19(3)16-20/h13-14,16,22H,10-12,15,17H2,1-9H3,(H,27,32)(H,28,31). The lowest BCUT2D eigenvalue weighted by atomic mass is 9.97. The molecule has 7 heteroatoms. The molecule has 1 rings (SSSR count). The molecule has 0 aliphatic rings. The first kappa shape index (κ1) is 28.5. The minimum absolute atomic E-state index is 0.243. The van der Waals surface area contributed by atoms with Gasteiger partial charge in [-0.15, -0.1) is 0 Å². The van der Waals surface area contributed by atoms with E-state index in [1.165, 1.54) is 0 Å². The summed E-state index contributed by atoms with van der Waals surface area (Å²) in [5, 5.41) is 5.57. The normalized spacial score (nSPS) is 12.6. The van der Waals surface area contributed by atoms with Crippen molar-refractivity contribution >= 4 is 17.9 Å². The molecule has 1 aromatic rings. The SMILES string of the molecule is CCCCCN(C(=O)CNC(=O)OC(C)(C)C)C(C(=O)NC(C)(C)C)c1ccc(C)c(C)c1. The number of alkyl carbamates (subject to hydrolysis) is 1. The van der Waals surface area contributed by atoms with Gasteiger partial charge in [0.1, 0.15) is 18.2 Å². The van der Waals surface area contributed by atoms with Crippen molar-refractivity contribution in [2.24, 2.45) is 0 Å². The van der Waals surface area contributed by atoms with Gasteiger partial charge in [-0.25, -0.2) is 4.79 Å². The monoisotopic (exact) mass is 461 g/mol. The second kappa shape index (κ2) is 12.1. The molecule has 0 aliphatic heterocycles. The largest absolute Gasteiger partial charge is 0.444 e.